The number of hydrogen-bond acceptors (Lipinski definition) is 3. The summed E-state index contributed by atoms with van der Waals surface area (Å²) in [5, 5.41) is 4.68. The molecule has 220 valence electrons. The molecule has 0 bridgehead atoms. The Balaban J connectivity index is 1.15. The second-order valence-corrected chi connectivity index (χ2v) is 11.8. The van der Waals surface area contributed by atoms with Crippen molar-refractivity contribution >= 4 is 32.7 Å². The SMILES string of the molecule is c1ccc(-c2ccc(-c3cc(-c4cccc(-c5ccc6oc7ccc8ccccc8c7c6c5)c4)nc(-c4ccccc4)n3)cc2)cc1. The van der Waals surface area contributed by atoms with E-state index < -0.39 is 0 Å². The van der Waals surface area contributed by atoms with Crippen molar-refractivity contribution in [3.05, 3.63) is 170 Å². The van der Waals surface area contributed by atoms with E-state index in [4.69, 9.17) is 14.4 Å². The van der Waals surface area contributed by atoms with Gasteiger partial charge in [-0.15, -0.1) is 0 Å². The fourth-order valence-electron chi connectivity index (χ4n) is 6.51. The lowest BCUT2D eigenvalue weighted by Crippen LogP contribution is -1.96. The molecule has 0 atom stereocenters. The molecule has 0 amide bonds. The first kappa shape index (κ1) is 27.0. The predicted molar refractivity (Wildman–Crippen MR) is 194 cm³/mol. The van der Waals surface area contributed by atoms with Crippen LogP contribution in [0.25, 0.3) is 88.9 Å². The van der Waals surface area contributed by atoms with Gasteiger partial charge in [-0.2, -0.15) is 0 Å². The van der Waals surface area contributed by atoms with E-state index >= 15 is 0 Å². The van der Waals surface area contributed by atoms with Crippen LogP contribution in [0.3, 0.4) is 0 Å². The van der Waals surface area contributed by atoms with Crippen LogP contribution in [0, 0.1) is 0 Å². The average Bonchev–Trinajstić information content (AvgIpc) is 3.54. The van der Waals surface area contributed by atoms with E-state index in [1.165, 1.54) is 21.9 Å². The van der Waals surface area contributed by atoms with Crippen molar-refractivity contribution in [2.45, 2.75) is 0 Å². The smallest absolute Gasteiger partial charge is 0.160 e. The second kappa shape index (κ2) is 11.2. The lowest BCUT2D eigenvalue weighted by molar-refractivity contribution is 0.669. The highest BCUT2D eigenvalue weighted by Gasteiger charge is 2.14. The van der Waals surface area contributed by atoms with Crippen molar-refractivity contribution in [3.63, 3.8) is 0 Å². The minimum atomic E-state index is 0.703. The van der Waals surface area contributed by atoms with Gasteiger partial charge in [0, 0.05) is 27.5 Å². The van der Waals surface area contributed by atoms with Gasteiger partial charge < -0.3 is 4.42 Å². The third-order valence-corrected chi connectivity index (χ3v) is 8.90. The zero-order chi connectivity index (χ0) is 31.2. The molecule has 0 N–H and O–H groups in total. The zero-order valence-electron chi connectivity index (χ0n) is 25.5. The van der Waals surface area contributed by atoms with Crippen molar-refractivity contribution in [1.82, 2.24) is 9.97 Å². The van der Waals surface area contributed by atoms with Crippen molar-refractivity contribution in [2.24, 2.45) is 0 Å². The molecule has 0 radical (unpaired) electrons. The molecule has 2 heterocycles. The summed E-state index contributed by atoms with van der Waals surface area (Å²) in [5.41, 5.74) is 11.2. The summed E-state index contributed by atoms with van der Waals surface area (Å²) in [5.74, 6) is 0.703. The average molecular weight is 601 g/mol. The van der Waals surface area contributed by atoms with Gasteiger partial charge in [0.1, 0.15) is 11.2 Å². The van der Waals surface area contributed by atoms with Gasteiger partial charge in [0.05, 0.1) is 11.4 Å². The van der Waals surface area contributed by atoms with Crippen LogP contribution in [-0.2, 0) is 0 Å². The highest BCUT2D eigenvalue weighted by Crippen LogP contribution is 2.38. The summed E-state index contributed by atoms with van der Waals surface area (Å²) < 4.78 is 6.27. The Labute approximate surface area is 272 Å². The molecule has 0 aliphatic rings. The molecule has 0 aliphatic carbocycles. The standard InChI is InChI=1S/C44H28N2O/c1-3-10-29(11-4-1)30-18-20-32(21-19-30)39-28-40(46-44(45-39)33-13-5-2-6-14-33)36-16-9-15-34(26-36)35-23-24-41-38(27-35)43-37-17-8-7-12-31(37)22-25-42(43)47-41/h1-28H. The van der Waals surface area contributed by atoms with E-state index in [0.717, 1.165) is 61.1 Å². The van der Waals surface area contributed by atoms with Crippen LogP contribution in [0.5, 0.6) is 0 Å². The van der Waals surface area contributed by atoms with Gasteiger partial charge in [-0.1, -0.05) is 140 Å². The molecule has 0 saturated carbocycles. The topological polar surface area (TPSA) is 38.9 Å². The number of hydrogen-bond donors (Lipinski definition) is 0. The quantitative estimate of drug-likeness (QED) is 0.197. The van der Waals surface area contributed by atoms with Gasteiger partial charge in [0.2, 0.25) is 0 Å². The third-order valence-electron chi connectivity index (χ3n) is 8.90. The molecular formula is C44H28N2O. The first-order chi connectivity index (χ1) is 23.3. The summed E-state index contributed by atoms with van der Waals surface area (Å²) in [6.07, 6.45) is 0. The number of nitrogens with zero attached hydrogens (tertiary/aromatic N) is 2. The molecule has 2 aromatic heterocycles. The van der Waals surface area contributed by atoms with Crippen LogP contribution in [0.4, 0.5) is 0 Å². The maximum absolute atomic E-state index is 6.27. The molecule has 0 aliphatic heterocycles. The molecular weight excluding hydrogens is 572 g/mol. The Bertz CT molecular complexity index is 2550. The van der Waals surface area contributed by atoms with Crippen LogP contribution in [0.1, 0.15) is 0 Å². The molecule has 0 unspecified atom stereocenters. The van der Waals surface area contributed by atoms with Gasteiger partial charge in [0.25, 0.3) is 0 Å². The number of aromatic nitrogens is 2. The molecule has 0 saturated heterocycles. The fourth-order valence-corrected chi connectivity index (χ4v) is 6.51. The normalized spacial score (nSPS) is 11.4. The monoisotopic (exact) mass is 600 g/mol. The van der Waals surface area contributed by atoms with E-state index in [9.17, 15) is 0 Å². The van der Waals surface area contributed by atoms with Gasteiger partial charge >= 0.3 is 0 Å². The second-order valence-electron chi connectivity index (χ2n) is 11.8. The Morgan fingerprint density at radius 3 is 1.72 bits per heavy atom. The lowest BCUT2D eigenvalue weighted by Gasteiger charge is -2.11. The highest BCUT2D eigenvalue weighted by atomic mass is 16.3. The first-order valence-electron chi connectivity index (χ1n) is 15.8. The van der Waals surface area contributed by atoms with E-state index in [1.807, 2.05) is 24.3 Å². The van der Waals surface area contributed by atoms with Crippen molar-refractivity contribution in [1.29, 1.82) is 0 Å². The van der Waals surface area contributed by atoms with Crippen LogP contribution in [-0.4, -0.2) is 9.97 Å². The van der Waals surface area contributed by atoms with Crippen LogP contribution < -0.4 is 0 Å². The van der Waals surface area contributed by atoms with Gasteiger partial charge in [-0.25, -0.2) is 9.97 Å². The maximum Gasteiger partial charge on any atom is 0.160 e. The van der Waals surface area contributed by atoms with E-state index in [-0.39, 0.29) is 0 Å². The Morgan fingerprint density at radius 1 is 0.340 bits per heavy atom. The summed E-state index contributed by atoms with van der Waals surface area (Å²) in [6, 6.07) is 59.1. The largest absolute Gasteiger partial charge is 0.456 e. The number of benzene rings is 7. The highest BCUT2D eigenvalue weighted by molar-refractivity contribution is 6.19. The number of rotatable bonds is 5. The number of fused-ring (bicyclic) bond motifs is 5. The molecule has 7 aromatic carbocycles. The predicted octanol–water partition coefficient (Wildman–Crippen LogP) is 11.9. The third kappa shape index (κ3) is 4.95. The summed E-state index contributed by atoms with van der Waals surface area (Å²) in [6.45, 7) is 0. The van der Waals surface area contributed by atoms with Crippen LogP contribution in [0.2, 0.25) is 0 Å². The minimum absolute atomic E-state index is 0.703. The molecule has 0 spiro atoms. The van der Waals surface area contributed by atoms with Crippen LogP contribution in [0.15, 0.2) is 174 Å². The van der Waals surface area contributed by atoms with Crippen molar-refractivity contribution in [3.8, 4) is 56.2 Å². The summed E-state index contributed by atoms with van der Waals surface area (Å²) in [4.78, 5) is 10.1. The Kier molecular flexibility index (Phi) is 6.46. The molecule has 3 heteroatoms. The van der Waals surface area contributed by atoms with Gasteiger partial charge in [0.15, 0.2) is 5.82 Å². The lowest BCUT2D eigenvalue weighted by atomic mass is 9.98. The molecule has 9 rings (SSSR count). The van der Waals surface area contributed by atoms with Gasteiger partial charge in [-0.05, 0) is 63.4 Å². The van der Waals surface area contributed by atoms with E-state index in [0.29, 0.717) is 5.82 Å². The Morgan fingerprint density at radius 2 is 0.915 bits per heavy atom. The molecule has 47 heavy (non-hydrogen) atoms. The fraction of sp³-hybridized carbons (Fsp3) is 0. The number of furan rings is 1. The van der Waals surface area contributed by atoms with E-state index in [2.05, 4.69) is 146 Å². The Hall–Kier alpha value is -6.32. The van der Waals surface area contributed by atoms with Crippen molar-refractivity contribution < 1.29 is 4.42 Å². The summed E-state index contributed by atoms with van der Waals surface area (Å²) in [7, 11) is 0. The molecule has 0 fully saturated rings. The van der Waals surface area contributed by atoms with Crippen molar-refractivity contribution in [2.75, 3.05) is 0 Å². The van der Waals surface area contributed by atoms with Gasteiger partial charge in [-0.3, -0.25) is 0 Å². The molecule has 3 nitrogen and oxygen atoms in total. The maximum atomic E-state index is 6.27. The van der Waals surface area contributed by atoms with E-state index in [1.54, 1.807) is 0 Å². The first-order valence-corrected chi connectivity index (χ1v) is 15.8. The zero-order valence-corrected chi connectivity index (χ0v) is 25.5. The minimum Gasteiger partial charge on any atom is -0.456 e. The van der Waals surface area contributed by atoms with Crippen LogP contribution >= 0.6 is 0 Å². The molecule has 9 aromatic rings. The summed E-state index contributed by atoms with van der Waals surface area (Å²) >= 11 is 0.